The van der Waals surface area contributed by atoms with Crippen molar-refractivity contribution in [3.05, 3.63) is 366 Å². The van der Waals surface area contributed by atoms with Gasteiger partial charge in [0.15, 0.2) is 0 Å². The minimum absolute atomic E-state index is 0.125. The van der Waals surface area contributed by atoms with Gasteiger partial charge >= 0.3 is 0 Å². The molecule has 15 aromatic carbocycles. The Morgan fingerprint density at radius 3 is 1.17 bits per heavy atom. The number of para-hydroxylation sites is 2. The van der Waals surface area contributed by atoms with E-state index in [1.165, 1.54) is 72.0 Å². The van der Waals surface area contributed by atoms with Crippen molar-refractivity contribution in [1.82, 2.24) is 4.57 Å². The van der Waals surface area contributed by atoms with Gasteiger partial charge < -0.3 is 18.8 Å². The second kappa shape index (κ2) is 27.1. The van der Waals surface area contributed by atoms with E-state index in [0.717, 1.165) is 134 Å². The van der Waals surface area contributed by atoms with Crippen molar-refractivity contribution >= 4 is 77.9 Å². The van der Waals surface area contributed by atoms with Gasteiger partial charge in [0.2, 0.25) is 0 Å². The third kappa shape index (κ3) is 12.5. The lowest BCUT2D eigenvalue weighted by atomic mass is 9.72. The monoisotopic (exact) mass is 1490 g/mol. The molecule has 4 nitrogen and oxygen atoms in total. The Bertz CT molecular complexity index is 6620. The lowest BCUT2D eigenvalue weighted by Crippen LogP contribution is -2.31. The number of anilines is 6. The smallest absolute Gasteiger partial charge is 0.136 e. The Morgan fingerprint density at radius 2 is 0.661 bits per heavy atom. The van der Waals surface area contributed by atoms with Crippen LogP contribution in [0.3, 0.4) is 0 Å². The second-order valence-corrected chi connectivity index (χ2v) is 37.3. The molecule has 0 bridgehead atoms. The average Bonchev–Trinajstić information content (AvgIpc) is 1.47. The van der Waals surface area contributed by atoms with Crippen LogP contribution in [-0.4, -0.2) is 4.57 Å². The Morgan fingerprint density at radius 1 is 0.252 bits per heavy atom. The van der Waals surface area contributed by atoms with Crippen molar-refractivity contribution in [2.45, 2.75) is 137 Å². The molecule has 19 rings (SSSR count). The molecular formula is C111H99N3O. The molecule has 1 unspecified atom stereocenters. The number of aromatic nitrogens is 1. The normalized spacial score (nSPS) is 13.7. The highest BCUT2D eigenvalue weighted by atomic mass is 16.3. The van der Waals surface area contributed by atoms with Gasteiger partial charge in [-0.2, -0.15) is 0 Å². The van der Waals surface area contributed by atoms with Crippen LogP contribution in [0.1, 0.15) is 154 Å². The molecule has 115 heavy (non-hydrogen) atoms. The molecule has 0 radical (unpaired) electrons. The molecule has 17 aromatic rings. The third-order valence-electron chi connectivity index (χ3n) is 24.5. The van der Waals surface area contributed by atoms with Gasteiger partial charge in [-0.3, -0.25) is 0 Å². The fraction of sp³-hybridized carbons (Fsp3) is 0.189. The Kier molecular flexibility index (Phi) is 17.1. The molecule has 4 heterocycles. The zero-order valence-electron chi connectivity index (χ0n) is 68.9. The molecule has 564 valence electrons. The number of hydrogen-bond donors (Lipinski definition) is 0. The molecule has 0 saturated heterocycles. The number of hydrogen-bond acceptors (Lipinski definition) is 3. The van der Waals surface area contributed by atoms with E-state index in [0.29, 0.717) is 0 Å². The molecule has 1 atom stereocenters. The molecule has 4 heteroatoms. The van der Waals surface area contributed by atoms with Crippen molar-refractivity contribution in [1.29, 1.82) is 0 Å². The Balaban J connectivity index is 1.03. The van der Waals surface area contributed by atoms with Gasteiger partial charge in [0.25, 0.3) is 0 Å². The standard InChI is InChI=1S/C111H99N3O/c1-107(2,3)79-56-77(57-80(63-79)108(4,5)6)75-51-54-92-89(60-75)101-86-53-50-76(78-58-81(109(7,8)9)64-82(59-78)110(10,11)12)62-93(86)114(106-88(71-40-26-18-27-41-71)68-98-103(100(106)73-44-30-20-31-45-73)90-61-74(52-55-97(90)115-98)69-36-22-16-23-37-69)95-66-83(111(13,14)15)65-94(104(95)101)113(92)105-87(70-38-24-17-25-39-70)67-96-102(99(105)72-42-28-19-29-43-72)85-48-34-35-49-91(85)112(96)84-46-32-21-33-47-84/h16-68,101H,1-15H3. The van der Waals surface area contributed by atoms with E-state index in [1.54, 1.807) is 0 Å². The first-order valence-electron chi connectivity index (χ1n) is 41.1. The zero-order chi connectivity index (χ0) is 79.4. The summed E-state index contributed by atoms with van der Waals surface area (Å²) in [5.41, 5.74) is 36.9. The average molecular weight is 1490 g/mol. The van der Waals surface area contributed by atoms with Crippen molar-refractivity contribution in [2.24, 2.45) is 0 Å². The maximum absolute atomic E-state index is 7.38. The SMILES string of the molecule is CC(C)(C)c1cc(-c2ccc3c(c2)C2c4ccc(-c5cc(C(C)(C)C)cc(C(C)(C)C)c5)cc4N(c4c(-c5ccccc5)cc5oc6ccc(-c7ccccc7)cc6c5c4-c4ccccc4)c4cc(C(C)(C)C)cc(c42)N3c2c(-c3ccccc3)cc3c(c2-c2ccccc2)c2ccccc2n3-c2ccccc2)cc(C(C)(C)C)c1. The minimum Gasteiger partial charge on any atom is -0.456 e. The second-order valence-electron chi connectivity index (χ2n) is 37.3. The first-order valence-corrected chi connectivity index (χ1v) is 41.1. The zero-order valence-corrected chi connectivity index (χ0v) is 68.9. The third-order valence-corrected chi connectivity index (χ3v) is 24.5. The summed E-state index contributed by atoms with van der Waals surface area (Å²) >= 11 is 0. The summed E-state index contributed by atoms with van der Waals surface area (Å²) < 4.78 is 9.89. The lowest BCUT2D eigenvalue weighted by Gasteiger charge is -2.47. The summed E-state index contributed by atoms with van der Waals surface area (Å²) in [6, 6.07) is 123. The molecule has 0 spiro atoms. The van der Waals surface area contributed by atoms with E-state index in [9.17, 15) is 0 Å². The maximum Gasteiger partial charge on any atom is 0.136 e. The van der Waals surface area contributed by atoms with Crippen molar-refractivity contribution in [2.75, 3.05) is 9.80 Å². The van der Waals surface area contributed by atoms with Crippen LogP contribution in [0.2, 0.25) is 0 Å². The molecule has 2 aromatic heterocycles. The highest BCUT2D eigenvalue weighted by Crippen LogP contribution is 2.66. The summed E-state index contributed by atoms with van der Waals surface area (Å²) in [4.78, 5) is 5.51. The summed E-state index contributed by atoms with van der Waals surface area (Å²) in [6.45, 7) is 35.5. The van der Waals surface area contributed by atoms with E-state index < -0.39 is 0 Å². The Labute approximate surface area is 678 Å². The van der Waals surface area contributed by atoms with E-state index in [2.05, 4.69) is 440 Å². The number of rotatable bonds is 10. The highest BCUT2D eigenvalue weighted by molar-refractivity contribution is 6.24. The van der Waals surface area contributed by atoms with Crippen LogP contribution in [-0.2, 0) is 27.1 Å². The number of nitrogens with zero attached hydrogens (tertiary/aromatic N) is 3. The predicted molar refractivity (Wildman–Crippen MR) is 490 cm³/mol. The first kappa shape index (κ1) is 72.7. The van der Waals surface area contributed by atoms with Gasteiger partial charge in [0.05, 0.1) is 45.2 Å². The van der Waals surface area contributed by atoms with Crippen molar-refractivity contribution in [3.63, 3.8) is 0 Å². The minimum atomic E-state index is -0.384. The summed E-state index contributed by atoms with van der Waals surface area (Å²) in [5.74, 6) is -0.305. The van der Waals surface area contributed by atoms with Crippen molar-refractivity contribution in [3.8, 4) is 83.6 Å². The van der Waals surface area contributed by atoms with E-state index >= 15 is 0 Å². The van der Waals surface area contributed by atoms with Crippen LogP contribution in [0.5, 0.6) is 0 Å². The van der Waals surface area contributed by atoms with Gasteiger partial charge in [-0.15, -0.1) is 0 Å². The number of fused-ring (bicyclic) bond motifs is 10. The van der Waals surface area contributed by atoms with Crippen LogP contribution in [0.4, 0.5) is 34.1 Å². The van der Waals surface area contributed by atoms with Gasteiger partial charge in [-0.05, 0) is 194 Å². The van der Waals surface area contributed by atoms with Gasteiger partial charge in [-0.25, -0.2) is 0 Å². The van der Waals surface area contributed by atoms with Crippen LogP contribution in [0, 0.1) is 0 Å². The van der Waals surface area contributed by atoms with E-state index in [-0.39, 0.29) is 33.0 Å². The summed E-state index contributed by atoms with van der Waals surface area (Å²) in [5, 5.41) is 4.50. The molecule has 0 saturated carbocycles. The molecule has 0 N–H and O–H groups in total. The number of furan rings is 1. The highest BCUT2D eigenvalue weighted by Gasteiger charge is 2.46. The fourth-order valence-electron chi connectivity index (χ4n) is 18.2. The molecule has 0 aliphatic carbocycles. The van der Waals surface area contributed by atoms with Crippen LogP contribution in [0.15, 0.2) is 326 Å². The van der Waals surface area contributed by atoms with Gasteiger partial charge in [0, 0.05) is 61.0 Å². The quantitative estimate of drug-likeness (QED) is 0.136. The molecule has 2 aliphatic heterocycles. The number of benzene rings is 15. The topological polar surface area (TPSA) is 24.6 Å². The molecular weight excluding hydrogens is 1390 g/mol. The van der Waals surface area contributed by atoms with E-state index in [4.69, 9.17) is 4.42 Å². The molecule has 0 amide bonds. The molecule has 0 fully saturated rings. The summed E-state index contributed by atoms with van der Waals surface area (Å²) in [6.07, 6.45) is 0. The van der Waals surface area contributed by atoms with Gasteiger partial charge in [0.1, 0.15) is 11.2 Å². The lowest BCUT2D eigenvalue weighted by molar-refractivity contribution is 0.568. The first-order chi connectivity index (χ1) is 55.2. The maximum atomic E-state index is 7.38. The summed E-state index contributed by atoms with van der Waals surface area (Å²) in [7, 11) is 0. The van der Waals surface area contributed by atoms with Crippen LogP contribution >= 0.6 is 0 Å². The largest absolute Gasteiger partial charge is 0.456 e. The van der Waals surface area contributed by atoms with Crippen LogP contribution in [0.25, 0.3) is 127 Å². The van der Waals surface area contributed by atoms with Crippen LogP contribution < -0.4 is 9.80 Å². The van der Waals surface area contributed by atoms with Gasteiger partial charge in [-0.1, -0.05) is 353 Å². The fourth-order valence-corrected chi connectivity index (χ4v) is 18.2. The van der Waals surface area contributed by atoms with Crippen molar-refractivity contribution < 1.29 is 4.42 Å². The van der Waals surface area contributed by atoms with E-state index in [1.807, 2.05) is 0 Å². The predicted octanol–water partition coefficient (Wildman–Crippen LogP) is 31.6. The Hall–Kier alpha value is -12.5. The molecule has 2 aliphatic rings.